The Kier molecular flexibility index (Phi) is 4.12. The minimum Gasteiger partial charge on any atom is -0.350 e. The second-order valence-electron chi connectivity index (χ2n) is 6.13. The van der Waals surface area contributed by atoms with Crippen LogP contribution in [0, 0.1) is 0 Å². The molecule has 1 aliphatic rings. The molecule has 1 amide bonds. The van der Waals surface area contributed by atoms with Gasteiger partial charge in [-0.15, -0.1) is 0 Å². The van der Waals surface area contributed by atoms with Gasteiger partial charge < -0.3 is 10.2 Å². The Labute approximate surface area is 125 Å². The van der Waals surface area contributed by atoms with Crippen molar-refractivity contribution in [3.05, 3.63) is 16.4 Å². The first-order valence-electron chi connectivity index (χ1n) is 6.96. The van der Waals surface area contributed by atoms with Crippen molar-refractivity contribution in [1.82, 2.24) is 20.0 Å². The van der Waals surface area contributed by atoms with Crippen LogP contribution in [0.4, 0.5) is 0 Å². The Hall–Kier alpha value is -1.07. The van der Waals surface area contributed by atoms with Crippen LogP contribution in [0.25, 0.3) is 0 Å². The molecule has 0 radical (unpaired) electrons. The SMILES string of the molecule is CC(C)c1nn(C)c(Cl)c1C(=O)NCC1(N(C)C)CC1. The third kappa shape index (κ3) is 2.69. The van der Waals surface area contributed by atoms with Crippen molar-refractivity contribution < 1.29 is 4.79 Å². The van der Waals surface area contributed by atoms with Gasteiger partial charge in [0.15, 0.2) is 0 Å². The van der Waals surface area contributed by atoms with Crippen molar-refractivity contribution in [2.45, 2.75) is 38.1 Å². The first-order chi connectivity index (χ1) is 9.28. The highest BCUT2D eigenvalue weighted by atomic mass is 35.5. The van der Waals surface area contributed by atoms with Crippen LogP contribution >= 0.6 is 11.6 Å². The average Bonchev–Trinajstić information content (AvgIpc) is 3.10. The number of rotatable bonds is 5. The molecule has 1 fully saturated rings. The maximum absolute atomic E-state index is 12.4. The highest BCUT2D eigenvalue weighted by Crippen LogP contribution is 2.39. The number of hydrogen-bond acceptors (Lipinski definition) is 3. The summed E-state index contributed by atoms with van der Waals surface area (Å²) in [4.78, 5) is 14.6. The van der Waals surface area contributed by atoms with E-state index in [0.717, 1.165) is 18.5 Å². The normalized spacial score (nSPS) is 16.8. The smallest absolute Gasteiger partial charge is 0.256 e. The maximum atomic E-state index is 12.4. The standard InChI is InChI=1S/C14H23ClN4O/c1-9(2)11-10(12(15)19(5)17-11)13(20)16-8-14(6-7-14)18(3)4/h9H,6-8H2,1-5H3,(H,16,20). The number of carbonyl (C=O) groups excluding carboxylic acids is 1. The molecule has 0 unspecified atom stereocenters. The van der Waals surface area contributed by atoms with Crippen LogP contribution in [-0.4, -0.2) is 46.8 Å². The summed E-state index contributed by atoms with van der Waals surface area (Å²) in [6.07, 6.45) is 2.25. The van der Waals surface area contributed by atoms with Gasteiger partial charge in [0.25, 0.3) is 5.91 Å². The first-order valence-corrected chi connectivity index (χ1v) is 7.34. The number of aromatic nitrogens is 2. The predicted molar refractivity (Wildman–Crippen MR) is 80.3 cm³/mol. The summed E-state index contributed by atoms with van der Waals surface area (Å²) in [7, 11) is 5.86. The van der Waals surface area contributed by atoms with E-state index in [1.54, 1.807) is 11.7 Å². The molecular formula is C14H23ClN4O. The van der Waals surface area contributed by atoms with E-state index in [2.05, 4.69) is 29.4 Å². The van der Waals surface area contributed by atoms with Gasteiger partial charge >= 0.3 is 0 Å². The van der Waals surface area contributed by atoms with E-state index >= 15 is 0 Å². The molecule has 0 atom stereocenters. The molecule has 112 valence electrons. The summed E-state index contributed by atoms with van der Waals surface area (Å²) < 4.78 is 1.56. The molecule has 5 nitrogen and oxygen atoms in total. The van der Waals surface area contributed by atoms with Gasteiger partial charge in [-0.2, -0.15) is 5.10 Å². The Morgan fingerprint density at radius 3 is 2.55 bits per heavy atom. The topological polar surface area (TPSA) is 50.2 Å². The van der Waals surface area contributed by atoms with Gasteiger partial charge in [0.1, 0.15) is 5.15 Å². The number of nitrogens with zero attached hydrogens (tertiary/aromatic N) is 3. The first kappa shape index (κ1) is 15.3. The summed E-state index contributed by atoms with van der Waals surface area (Å²) in [5.41, 5.74) is 1.39. The van der Waals surface area contributed by atoms with Crippen molar-refractivity contribution in [3.8, 4) is 0 Å². The van der Waals surface area contributed by atoms with E-state index in [9.17, 15) is 4.79 Å². The monoisotopic (exact) mass is 298 g/mol. The Balaban J connectivity index is 2.14. The number of carbonyl (C=O) groups is 1. The van der Waals surface area contributed by atoms with Gasteiger partial charge in [0.2, 0.25) is 0 Å². The fraction of sp³-hybridized carbons (Fsp3) is 0.714. The van der Waals surface area contributed by atoms with E-state index < -0.39 is 0 Å². The minimum absolute atomic E-state index is 0.125. The summed E-state index contributed by atoms with van der Waals surface area (Å²) >= 11 is 6.21. The van der Waals surface area contributed by atoms with Gasteiger partial charge in [-0.3, -0.25) is 9.48 Å². The van der Waals surface area contributed by atoms with Crippen molar-refractivity contribution >= 4 is 17.5 Å². The summed E-state index contributed by atoms with van der Waals surface area (Å²) in [6.45, 7) is 4.68. The van der Waals surface area contributed by atoms with Crippen LogP contribution in [0.1, 0.15) is 48.7 Å². The average molecular weight is 299 g/mol. The fourth-order valence-corrected chi connectivity index (χ4v) is 2.62. The number of hydrogen-bond donors (Lipinski definition) is 1. The van der Waals surface area contributed by atoms with Gasteiger partial charge in [0.05, 0.1) is 11.3 Å². The molecule has 1 saturated carbocycles. The largest absolute Gasteiger partial charge is 0.350 e. The van der Waals surface area contributed by atoms with Gasteiger partial charge in [-0.05, 0) is 32.9 Å². The number of nitrogens with one attached hydrogen (secondary N) is 1. The fourth-order valence-electron chi connectivity index (χ4n) is 2.40. The predicted octanol–water partition coefficient (Wildman–Crippen LogP) is 2.02. The lowest BCUT2D eigenvalue weighted by Crippen LogP contribution is -2.42. The van der Waals surface area contributed by atoms with Crippen molar-refractivity contribution in [2.75, 3.05) is 20.6 Å². The molecule has 20 heavy (non-hydrogen) atoms. The van der Waals surface area contributed by atoms with Crippen molar-refractivity contribution in [1.29, 1.82) is 0 Å². The maximum Gasteiger partial charge on any atom is 0.256 e. The molecule has 1 heterocycles. The molecule has 0 aromatic carbocycles. The van der Waals surface area contributed by atoms with Crippen LogP contribution in [-0.2, 0) is 7.05 Å². The lowest BCUT2D eigenvalue weighted by atomic mass is 10.1. The molecule has 1 aromatic heterocycles. The Bertz CT molecular complexity index is 517. The number of halogens is 1. The quantitative estimate of drug-likeness (QED) is 0.905. The summed E-state index contributed by atoms with van der Waals surface area (Å²) in [5.74, 6) is 0.0399. The lowest BCUT2D eigenvalue weighted by molar-refractivity contribution is 0.0936. The summed E-state index contributed by atoms with van der Waals surface area (Å²) in [6, 6.07) is 0. The molecule has 1 aromatic rings. The molecule has 0 spiro atoms. The van der Waals surface area contributed by atoms with Crippen molar-refractivity contribution in [3.63, 3.8) is 0 Å². The van der Waals surface area contributed by atoms with E-state index in [1.165, 1.54) is 0 Å². The summed E-state index contributed by atoms with van der Waals surface area (Å²) in [5, 5.41) is 7.76. The molecular weight excluding hydrogens is 276 g/mol. The van der Waals surface area contributed by atoms with E-state index in [4.69, 9.17) is 11.6 Å². The van der Waals surface area contributed by atoms with E-state index in [1.807, 2.05) is 13.8 Å². The zero-order chi connectivity index (χ0) is 15.1. The number of amides is 1. The van der Waals surface area contributed by atoms with Crippen molar-refractivity contribution in [2.24, 2.45) is 7.05 Å². The minimum atomic E-state index is -0.125. The highest BCUT2D eigenvalue weighted by Gasteiger charge is 2.45. The number of likely N-dealkylation sites (N-methyl/N-ethyl adjacent to an activating group) is 1. The second kappa shape index (κ2) is 5.37. The van der Waals surface area contributed by atoms with Crippen LogP contribution in [0.5, 0.6) is 0 Å². The Morgan fingerprint density at radius 2 is 2.10 bits per heavy atom. The van der Waals surface area contributed by atoms with Gasteiger partial charge in [0, 0.05) is 19.1 Å². The van der Waals surface area contributed by atoms with Crippen LogP contribution in [0.15, 0.2) is 0 Å². The molecule has 0 saturated heterocycles. The second-order valence-corrected chi connectivity index (χ2v) is 6.49. The molecule has 0 aliphatic heterocycles. The third-order valence-corrected chi connectivity index (χ3v) is 4.57. The zero-order valence-electron chi connectivity index (χ0n) is 12.8. The number of aryl methyl sites for hydroxylation is 1. The van der Waals surface area contributed by atoms with Crippen LogP contribution in [0.3, 0.4) is 0 Å². The molecule has 0 bridgehead atoms. The third-order valence-electron chi connectivity index (χ3n) is 4.13. The Morgan fingerprint density at radius 1 is 1.50 bits per heavy atom. The van der Waals surface area contributed by atoms with E-state index in [-0.39, 0.29) is 17.4 Å². The van der Waals surface area contributed by atoms with E-state index in [0.29, 0.717) is 17.3 Å². The van der Waals surface area contributed by atoms with Gasteiger partial charge in [-0.1, -0.05) is 25.4 Å². The molecule has 2 rings (SSSR count). The molecule has 6 heteroatoms. The lowest BCUT2D eigenvalue weighted by Gasteiger charge is -2.24. The van der Waals surface area contributed by atoms with Crippen LogP contribution in [0.2, 0.25) is 5.15 Å². The molecule has 1 N–H and O–H groups in total. The zero-order valence-corrected chi connectivity index (χ0v) is 13.6. The molecule has 1 aliphatic carbocycles. The van der Waals surface area contributed by atoms with Crippen LogP contribution < -0.4 is 5.32 Å². The highest BCUT2D eigenvalue weighted by molar-refractivity contribution is 6.33. The van der Waals surface area contributed by atoms with Gasteiger partial charge in [-0.25, -0.2) is 0 Å².